The van der Waals surface area contributed by atoms with Crippen molar-refractivity contribution in [3.8, 4) is 5.75 Å². The fourth-order valence-corrected chi connectivity index (χ4v) is 2.33. The summed E-state index contributed by atoms with van der Waals surface area (Å²) in [5, 5.41) is 0. The Labute approximate surface area is 136 Å². The van der Waals surface area contributed by atoms with E-state index in [1.165, 1.54) is 4.90 Å². The normalized spacial score (nSPS) is 14.3. The second kappa shape index (κ2) is 7.00. The highest BCUT2D eigenvalue weighted by Gasteiger charge is 2.29. The molecule has 1 aliphatic rings. The molecule has 126 valence electrons. The zero-order valence-corrected chi connectivity index (χ0v) is 14.1. The Kier molecular flexibility index (Phi) is 5.26. The number of nitrogens with one attached hydrogen (secondary N) is 1. The quantitative estimate of drug-likeness (QED) is 0.816. The molecule has 1 aliphatic heterocycles. The summed E-state index contributed by atoms with van der Waals surface area (Å²) in [6.45, 7) is 8.40. The van der Waals surface area contributed by atoms with Crippen molar-refractivity contribution in [3.63, 3.8) is 0 Å². The molecule has 0 saturated carbocycles. The van der Waals surface area contributed by atoms with Crippen LogP contribution in [0.2, 0.25) is 0 Å². The summed E-state index contributed by atoms with van der Waals surface area (Å²) >= 11 is 0. The SMILES string of the molecule is CCONC(=O)CN1C(=O)COc2ccc(C(C)(C)CC)cc21. The molecule has 0 saturated heterocycles. The highest BCUT2D eigenvalue weighted by molar-refractivity contribution is 6.02. The summed E-state index contributed by atoms with van der Waals surface area (Å²) in [6.07, 6.45) is 0.964. The van der Waals surface area contributed by atoms with Crippen molar-refractivity contribution in [2.24, 2.45) is 0 Å². The minimum atomic E-state index is -0.367. The van der Waals surface area contributed by atoms with E-state index in [1.54, 1.807) is 6.92 Å². The van der Waals surface area contributed by atoms with Crippen molar-refractivity contribution in [1.82, 2.24) is 5.48 Å². The van der Waals surface area contributed by atoms with Crippen molar-refractivity contribution in [3.05, 3.63) is 23.8 Å². The lowest BCUT2D eigenvalue weighted by molar-refractivity contribution is -0.133. The van der Waals surface area contributed by atoms with Gasteiger partial charge in [-0.3, -0.25) is 19.3 Å². The van der Waals surface area contributed by atoms with Gasteiger partial charge in [0.25, 0.3) is 11.8 Å². The molecule has 0 unspecified atom stereocenters. The van der Waals surface area contributed by atoms with Crippen LogP contribution < -0.4 is 15.1 Å². The third-order valence-corrected chi connectivity index (χ3v) is 4.20. The molecule has 0 atom stereocenters. The molecular weight excluding hydrogens is 296 g/mol. The number of ether oxygens (including phenoxy) is 1. The molecule has 0 fully saturated rings. The lowest BCUT2D eigenvalue weighted by Crippen LogP contribution is -2.45. The molecule has 6 heteroatoms. The third kappa shape index (κ3) is 3.82. The van der Waals surface area contributed by atoms with Gasteiger partial charge in [0.15, 0.2) is 6.61 Å². The highest BCUT2D eigenvalue weighted by atomic mass is 16.6. The monoisotopic (exact) mass is 320 g/mol. The summed E-state index contributed by atoms with van der Waals surface area (Å²) in [4.78, 5) is 30.4. The molecule has 1 N–H and O–H groups in total. The fraction of sp³-hybridized carbons (Fsp3) is 0.529. The maximum Gasteiger partial charge on any atom is 0.265 e. The molecule has 0 bridgehead atoms. The maximum absolute atomic E-state index is 12.2. The van der Waals surface area contributed by atoms with Crippen LogP contribution in [-0.2, 0) is 19.8 Å². The van der Waals surface area contributed by atoms with Gasteiger partial charge in [0.05, 0.1) is 12.3 Å². The van der Waals surface area contributed by atoms with Crippen molar-refractivity contribution >= 4 is 17.5 Å². The zero-order chi connectivity index (χ0) is 17.0. The van der Waals surface area contributed by atoms with Crippen LogP contribution in [0.3, 0.4) is 0 Å². The summed E-state index contributed by atoms with van der Waals surface area (Å²) in [5.41, 5.74) is 4.03. The first-order valence-electron chi connectivity index (χ1n) is 7.87. The summed E-state index contributed by atoms with van der Waals surface area (Å²) < 4.78 is 5.48. The largest absolute Gasteiger partial charge is 0.482 e. The van der Waals surface area contributed by atoms with Crippen LogP contribution in [0.4, 0.5) is 5.69 Å². The van der Waals surface area contributed by atoms with Crippen LogP contribution in [0.5, 0.6) is 5.75 Å². The van der Waals surface area contributed by atoms with Gasteiger partial charge in [0.2, 0.25) is 0 Å². The summed E-state index contributed by atoms with van der Waals surface area (Å²) in [7, 11) is 0. The first kappa shape index (κ1) is 17.3. The van der Waals surface area contributed by atoms with Crippen molar-refractivity contribution in [1.29, 1.82) is 0 Å². The molecule has 0 aromatic heterocycles. The van der Waals surface area contributed by atoms with Crippen molar-refractivity contribution in [2.45, 2.75) is 39.5 Å². The van der Waals surface area contributed by atoms with Crippen LogP contribution in [0.25, 0.3) is 0 Å². The molecule has 1 aromatic rings. The Bertz CT molecular complexity index is 598. The van der Waals surface area contributed by atoms with E-state index < -0.39 is 0 Å². The number of carbonyl (C=O) groups excluding carboxylic acids is 2. The minimum absolute atomic E-state index is 0.0191. The molecule has 2 rings (SSSR count). The molecule has 6 nitrogen and oxygen atoms in total. The van der Waals surface area contributed by atoms with E-state index in [0.29, 0.717) is 18.0 Å². The summed E-state index contributed by atoms with van der Waals surface area (Å²) in [5.74, 6) is 0.00766. The number of benzene rings is 1. The molecule has 0 aliphatic carbocycles. The molecular formula is C17H24N2O4. The molecule has 2 amide bonds. The predicted octanol–water partition coefficient (Wildman–Crippen LogP) is 2.17. The smallest absolute Gasteiger partial charge is 0.265 e. The fourth-order valence-electron chi connectivity index (χ4n) is 2.33. The first-order valence-corrected chi connectivity index (χ1v) is 7.87. The van der Waals surface area contributed by atoms with Gasteiger partial charge in [0.1, 0.15) is 12.3 Å². The second-order valence-electron chi connectivity index (χ2n) is 6.15. The van der Waals surface area contributed by atoms with Gasteiger partial charge in [-0.1, -0.05) is 26.8 Å². The third-order valence-electron chi connectivity index (χ3n) is 4.20. The van der Waals surface area contributed by atoms with Crippen LogP contribution in [0.1, 0.15) is 39.7 Å². The van der Waals surface area contributed by atoms with E-state index in [1.807, 2.05) is 18.2 Å². The van der Waals surface area contributed by atoms with Crippen molar-refractivity contribution < 1.29 is 19.2 Å². The minimum Gasteiger partial charge on any atom is -0.482 e. The van der Waals surface area contributed by atoms with Gasteiger partial charge >= 0.3 is 0 Å². The standard InChI is InChI=1S/C17H24N2O4/c1-5-17(3,4)12-7-8-14-13(9-12)19(16(21)11-22-14)10-15(20)18-23-6-2/h7-9H,5-6,10-11H2,1-4H3,(H,18,20). The van der Waals surface area contributed by atoms with Gasteiger partial charge in [-0.2, -0.15) is 0 Å². The molecule has 0 spiro atoms. The zero-order valence-electron chi connectivity index (χ0n) is 14.1. The molecule has 1 heterocycles. The van der Waals surface area contributed by atoms with Gasteiger partial charge in [-0.05, 0) is 36.5 Å². The topological polar surface area (TPSA) is 67.9 Å². The lowest BCUT2D eigenvalue weighted by Gasteiger charge is -2.31. The lowest BCUT2D eigenvalue weighted by atomic mass is 9.82. The number of carbonyl (C=O) groups is 2. The first-order chi connectivity index (χ1) is 10.9. The number of anilines is 1. The average Bonchev–Trinajstić information content (AvgIpc) is 2.55. The number of nitrogens with zero attached hydrogens (tertiary/aromatic N) is 1. The van der Waals surface area contributed by atoms with E-state index in [9.17, 15) is 9.59 Å². The Balaban J connectivity index is 2.30. The second-order valence-corrected chi connectivity index (χ2v) is 6.15. The number of amides is 2. The maximum atomic E-state index is 12.2. The number of hydrogen-bond donors (Lipinski definition) is 1. The van der Waals surface area contributed by atoms with E-state index in [2.05, 4.69) is 26.3 Å². The van der Waals surface area contributed by atoms with Gasteiger partial charge in [-0.25, -0.2) is 5.48 Å². The Morgan fingerprint density at radius 1 is 1.39 bits per heavy atom. The predicted molar refractivity (Wildman–Crippen MR) is 87.4 cm³/mol. The van der Waals surface area contributed by atoms with E-state index in [0.717, 1.165) is 12.0 Å². The van der Waals surface area contributed by atoms with Crippen molar-refractivity contribution in [2.75, 3.05) is 24.7 Å². The van der Waals surface area contributed by atoms with Gasteiger partial charge < -0.3 is 4.74 Å². The van der Waals surface area contributed by atoms with Crippen LogP contribution in [0.15, 0.2) is 18.2 Å². The number of fused-ring (bicyclic) bond motifs is 1. The van der Waals surface area contributed by atoms with E-state index in [-0.39, 0.29) is 30.4 Å². The molecule has 23 heavy (non-hydrogen) atoms. The molecule has 0 radical (unpaired) electrons. The van der Waals surface area contributed by atoms with Crippen LogP contribution in [0, 0.1) is 0 Å². The number of hydroxylamine groups is 1. The Morgan fingerprint density at radius 3 is 2.78 bits per heavy atom. The molecule has 1 aromatic carbocycles. The number of hydrogen-bond acceptors (Lipinski definition) is 4. The number of rotatable bonds is 6. The van der Waals surface area contributed by atoms with Crippen LogP contribution in [-0.4, -0.2) is 31.6 Å². The summed E-state index contributed by atoms with van der Waals surface area (Å²) in [6, 6.07) is 5.81. The van der Waals surface area contributed by atoms with Gasteiger partial charge in [-0.15, -0.1) is 0 Å². The van der Waals surface area contributed by atoms with Crippen LogP contribution >= 0.6 is 0 Å². The van der Waals surface area contributed by atoms with E-state index >= 15 is 0 Å². The Morgan fingerprint density at radius 2 is 2.13 bits per heavy atom. The average molecular weight is 320 g/mol. The van der Waals surface area contributed by atoms with E-state index in [4.69, 9.17) is 9.57 Å². The Hall–Kier alpha value is -2.08. The van der Waals surface area contributed by atoms with Gasteiger partial charge in [0, 0.05) is 0 Å². The highest BCUT2D eigenvalue weighted by Crippen LogP contribution is 2.37.